The molecule has 2 rings (SSSR count). The second-order valence-corrected chi connectivity index (χ2v) is 5.63. The first kappa shape index (κ1) is 15.8. The molecule has 1 unspecified atom stereocenters. The number of nitrogens with one attached hydrogen (secondary N) is 1. The Hall–Kier alpha value is -1.61. The summed E-state index contributed by atoms with van der Waals surface area (Å²) in [7, 11) is 0. The van der Waals surface area contributed by atoms with Crippen molar-refractivity contribution in [3.63, 3.8) is 0 Å². The number of rotatable bonds is 8. The second-order valence-electron chi connectivity index (χ2n) is 5.63. The van der Waals surface area contributed by atoms with Gasteiger partial charge in [-0.3, -0.25) is 4.98 Å². The topological polar surface area (TPSA) is 28.2 Å². The van der Waals surface area contributed by atoms with E-state index in [0.29, 0.717) is 6.04 Å². The van der Waals surface area contributed by atoms with Crippen LogP contribution < -0.4 is 5.32 Å². The fourth-order valence-electron chi connectivity index (χ4n) is 2.67. The maximum Gasteiger partial charge on any atom is 0.0722 e. The molecule has 1 heterocycles. The van der Waals surface area contributed by atoms with Crippen molar-refractivity contribution < 1.29 is 0 Å². The number of fused-ring (bicyclic) bond motifs is 1. The summed E-state index contributed by atoms with van der Waals surface area (Å²) in [6.45, 7) is 10.2. The van der Waals surface area contributed by atoms with Crippen LogP contribution in [0.3, 0.4) is 0 Å². The minimum atomic E-state index is 0.488. The third-order valence-corrected chi connectivity index (χ3v) is 4.02. The highest BCUT2D eigenvalue weighted by Crippen LogP contribution is 2.18. The Labute approximate surface area is 128 Å². The van der Waals surface area contributed by atoms with E-state index in [9.17, 15) is 0 Å². The fourth-order valence-corrected chi connectivity index (χ4v) is 2.67. The molecule has 0 radical (unpaired) electrons. The number of benzene rings is 1. The molecule has 1 aromatic carbocycles. The van der Waals surface area contributed by atoms with Gasteiger partial charge < -0.3 is 10.2 Å². The van der Waals surface area contributed by atoms with Crippen molar-refractivity contribution in [2.24, 2.45) is 0 Å². The van der Waals surface area contributed by atoms with Gasteiger partial charge in [-0.15, -0.1) is 0 Å². The van der Waals surface area contributed by atoms with Crippen molar-refractivity contribution in [2.75, 3.05) is 25.0 Å². The van der Waals surface area contributed by atoms with Crippen LogP contribution in [0, 0.1) is 0 Å². The molecule has 2 aromatic rings. The fraction of sp³-hybridized carbons (Fsp3) is 0.500. The molecule has 0 aliphatic heterocycles. The van der Waals surface area contributed by atoms with Crippen LogP contribution in [0.4, 0.5) is 5.69 Å². The smallest absolute Gasteiger partial charge is 0.0722 e. The summed E-state index contributed by atoms with van der Waals surface area (Å²) in [6, 6.07) is 11.0. The lowest BCUT2D eigenvalue weighted by molar-refractivity contribution is 0.295. The lowest BCUT2D eigenvalue weighted by atomic mass is 10.1. The Morgan fingerprint density at radius 2 is 2.00 bits per heavy atom. The van der Waals surface area contributed by atoms with E-state index < -0.39 is 0 Å². The number of nitrogens with zero attached hydrogens (tertiary/aromatic N) is 2. The van der Waals surface area contributed by atoms with Gasteiger partial charge in [-0.05, 0) is 57.6 Å². The molecular weight excluding hydrogens is 258 g/mol. The van der Waals surface area contributed by atoms with Gasteiger partial charge in [0.05, 0.1) is 5.52 Å². The Kier molecular flexibility index (Phi) is 6.00. The van der Waals surface area contributed by atoms with Crippen LogP contribution >= 0.6 is 0 Å². The molecule has 3 nitrogen and oxygen atoms in total. The molecule has 3 heteroatoms. The summed E-state index contributed by atoms with van der Waals surface area (Å²) in [5.41, 5.74) is 2.22. The maximum atomic E-state index is 4.41. The van der Waals surface area contributed by atoms with Gasteiger partial charge in [0.25, 0.3) is 0 Å². The number of hydrogen-bond acceptors (Lipinski definition) is 3. The third-order valence-electron chi connectivity index (χ3n) is 4.02. The van der Waals surface area contributed by atoms with Gasteiger partial charge in [0.2, 0.25) is 0 Å². The van der Waals surface area contributed by atoms with Crippen LogP contribution in [-0.4, -0.2) is 35.6 Å². The first-order valence-corrected chi connectivity index (χ1v) is 8.06. The zero-order valence-electron chi connectivity index (χ0n) is 13.5. The van der Waals surface area contributed by atoms with Gasteiger partial charge in [0.15, 0.2) is 0 Å². The zero-order chi connectivity index (χ0) is 15.1. The Balaban J connectivity index is 1.85. The van der Waals surface area contributed by atoms with Crippen molar-refractivity contribution in [2.45, 2.75) is 39.7 Å². The van der Waals surface area contributed by atoms with E-state index >= 15 is 0 Å². The van der Waals surface area contributed by atoms with Crippen molar-refractivity contribution in [1.29, 1.82) is 0 Å². The lowest BCUT2D eigenvalue weighted by Gasteiger charge is -2.20. The van der Waals surface area contributed by atoms with Crippen molar-refractivity contribution in [3.05, 3.63) is 36.5 Å². The van der Waals surface area contributed by atoms with E-state index in [1.54, 1.807) is 0 Å². The Bertz CT molecular complexity index is 549. The third kappa shape index (κ3) is 4.71. The molecule has 1 atom stereocenters. The maximum absolute atomic E-state index is 4.41. The number of aromatic nitrogens is 1. The van der Waals surface area contributed by atoms with Crippen LogP contribution in [0.1, 0.15) is 33.6 Å². The molecule has 21 heavy (non-hydrogen) atoms. The van der Waals surface area contributed by atoms with Gasteiger partial charge in [0.1, 0.15) is 0 Å². The highest BCUT2D eigenvalue weighted by molar-refractivity contribution is 5.81. The largest absolute Gasteiger partial charge is 0.383 e. The molecule has 1 N–H and O–H groups in total. The molecule has 0 saturated heterocycles. The van der Waals surface area contributed by atoms with Crippen LogP contribution in [0.15, 0.2) is 36.5 Å². The molecule has 0 aliphatic rings. The summed E-state index contributed by atoms with van der Waals surface area (Å²) < 4.78 is 0. The van der Waals surface area contributed by atoms with Crippen molar-refractivity contribution in [3.8, 4) is 0 Å². The quantitative estimate of drug-likeness (QED) is 0.789. The van der Waals surface area contributed by atoms with Gasteiger partial charge in [0, 0.05) is 23.3 Å². The molecule has 1 aromatic heterocycles. The average Bonchev–Trinajstić information content (AvgIpc) is 2.51. The SMILES string of the molecule is CCN(CC)CCCC(C)Nc1ccc2cccnc2c1. The first-order valence-electron chi connectivity index (χ1n) is 8.06. The summed E-state index contributed by atoms with van der Waals surface area (Å²) in [4.78, 5) is 6.89. The Morgan fingerprint density at radius 1 is 1.19 bits per heavy atom. The van der Waals surface area contributed by atoms with Crippen molar-refractivity contribution >= 4 is 16.6 Å². The first-order chi connectivity index (χ1) is 10.2. The normalized spacial score (nSPS) is 12.8. The summed E-state index contributed by atoms with van der Waals surface area (Å²) in [5, 5.41) is 4.78. The highest BCUT2D eigenvalue weighted by Gasteiger charge is 2.05. The van der Waals surface area contributed by atoms with Gasteiger partial charge in [-0.1, -0.05) is 26.0 Å². The van der Waals surface area contributed by atoms with Gasteiger partial charge >= 0.3 is 0 Å². The summed E-state index contributed by atoms with van der Waals surface area (Å²) in [6.07, 6.45) is 4.28. The van der Waals surface area contributed by atoms with Gasteiger partial charge in [-0.2, -0.15) is 0 Å². The Morgan fingerprint density at radius 3 is 2.76 bits per heavy atom. The minimum Gasteiger partial charge on any atom is -0.383 e. The molecule has 0 aliphatic carbocycles. The molecular formula is C18H27N3. The average molecular weight is 285 g/mol. The number of anilines is 1. The molecule has 0 spiro atoms. The molecule has 0 saturated carbocycles. The van der Waals surface area contributed by atoms with E-state index in [0.717, 1.165) is 24.3 Å². The summed E-state index contributed by atoms with van der Waals surface area (Å²) in [5.74, 6) is 0. The lowest BCUT2D eigenvalue weighted by Crippen LogP contribution is -2.25. The van der Waals surface area contributed by atoms with Crippen LogP contribution in [-0.2, 0) is 0 Å². The van der Waals surface area contributed by atoms with Crippen LogP contribution in [0.25, 0.3) is 10.9 Å². The van der Waals surface area contributed by atoms with E-state index in [1.165, 1.54) is 24.8 Å². The van der Waals surface area contributed by atoms with Crippen LogP contribution in [0.2, 0.25) is 0 Å². The van der Waals surface area contributed by atoms with E-state index in [-0.39, 0.29) is 0 Å². The van der Waals surface area contributed by atoms with Crippen LogP contribution in [0.5, 0.6) is 0 Å². The van der Waals surface area contributed by atoms with Gasteiger partial charge in [-0.25, -0.2) is 0 Å². The van der Waals surface area contributed by atoms with Crippen molar-refractivity contribution in [1.82, 2.24) is 9.88 Å². The molecule has 0 fully saturated rings. The molecule has 114 valence electrons. The van der Waals surface area contributed by atoms with E-state index in [1.807, 2.05) is 12.3 Å². The highest BCUT2D eigenvalue weighted by atomic mass is 15.1. The van der Waals surface area contributed by atoms with E-state index in [4.69, 9.17) is 0 Å². The number of hydrogen-bond donors (Lipinski definition) is 1. The molecule has 0 amide bonds. The minimum absolute atomic E-state index is 0.488. The predicted molar refractivity (Wildman–Crippen MR) is 91.8 cm³/mol. The number of pyridine rings is 1. The summed E-state index contributed by atoms with van der Waals surface area (Å²) >= 11 is 0. The molecule has 0 bridgehead atoms. The zero-order valence-corrected chi connectivity index (χ0v) is 13.5. The van der Waals surface area contributed by atoms with E-state index in [2.05, 4.69) is 60.2 Å². The monoisotopic (exact) mass is 285 g/mol. The standard InChI is InChI=1S/C18H27N3/c1-4-21(5-2)13-7-8-15(3)20-17-11-10-16-9-6-12-19-18(16)14-17/h6,9-12,14-15,20H,4-5,7-8,13H2,1-3H3. The predicted octanol–water partition coefficient (Wildman–Crippen LogP) is 4.16. The second kappa shape index (κ2) is 7.99.